The fourth-order valence-corrected chi connectivity index (χ4v) is 3.34. The van der Waals surface area contributed by atoms with Gasteiger partial charge in [0.05, 0.1) is 4.90 Å². The van der Waals surface area contributed by atoms with Crippen LogP contribution in [0.5, 0.6) is 0 Å². The summed E-state index contributed by atoms with van der Waals surface area (Å²) < 4.78 is 28.4. The SMILES string of the molecule is Nc1cc(S(=O)(=O)NCc2cccc(Br)c2)ccc1Br. The number of sulfonamides is 1. The maximum absolute atomic E-state index is 12.2. The van der Waals surface area contributed by atoms with Crippen molar-refractivity contribution in [3.63, 3.8) is 0 Å². The molecule has 4 nitrogen and oxygen atoms in total. The van der Waals surface area contributed by atoms with Gasteiger partial charge >= 0.3 is 0 Å². The fourth-order valence-electron chi connectivity index (χ4n) is 1.60. The lowest BCUT2D eigenvalue weighted by Crippen LogP contribution is -2.23. The Balaban J connectivity index is 2.17. The highest BCUT2D eigenvalue weighted by Crippen LogP contribution is 2.22. The van der Waals surface area contributed by atoms with E-state index in [2.05, 4.69) is 36.6 Å². The zero-order valence-electron chi connectivity index (χ0n) is 10.3. The smallest absolute Gasteiger partial charge is 0.240 e. The Morgan fingerprint density at radius 1 is 1.10 bits per heavy atom. The molecule has 7 heteroatoms. The average Bonchev–Trinajstić information content (AvgIpc) is 2.40. The monoisotopic (exact) mass is 418 g/mol. The second-order valence-corrected chi connectivity index (χ2v) is 7.67. The first-order valence-corrected chi connectivity index (χ1v) is 8.74. The van der Waals surface area contributed by atoms with Gasteiger partial charge in [-0.3, -0.25) is 0 Å². The Hall–Kier alpha value is -0.890. The van der Waals surface area contributed by atoms with Crippen molar-refractivity contribution in [1.29, 1.82) is 0 Å². The highest BCUT2D eigenvalue weighted by atomic mass is 79.9. The van der Waals surface area contributed by atoms with Crippen molar-refractivity contribution >= 4 is 47.6 Å². The Morgan fingerprint density at radius 2 is 1.85 bits per heavy atom. The van der Waals surface area contributed by atoms with Crippen molar-refractivity contribution in [3.8, 4) is 0 Å². The second kappa shape index (κ2) is 6.26. The van der Waals surface area contributed by atoms with E-state index in [0.29, 0.717) is 10.2 Å². The third-order valence-corrected chi connectivity index (χ3v) is 5.25. The number of hydrogen-bond acceptors (Lipinski definition) is 3. The molecular weight excluding hydrogens is 408 g/mol. The van der Waals surface area contributed by atoms with Crippen molar-refractivity contribution in [3.05, 3.63) is 57.0 Å². The van der Waals surface area contributed by atoms with E-state index in [1.54, 1.807) is 6.07 Å². The van der Waals surface area contributed by atoms with Gasteiger partial charge in [-0.05, 0) is 51.8 Å². The number of benzene rings is 2. The van der Waals surface area contributed by atoms with Crippen LogP contribution in [0.3, 0.4) is 0 Å². The average molecular weight is 420 g/mol. The van der Waals surface area contributed by atoms with Gasteiger partial charge in [-0.1, -0.05) is 28.1 Å². The lowest BCUT2D eigenvalue weighted by molar-refractivity contribution is 0.581. The van der Waals surface area contributed by atoms with E-state index in [-0.39, 0.29) is 11.4 Å². The number of nitrogen functional groups attached to an aromatic ring is 1. The molecule has 0 aliphatic carbocycles. The van der Waals surface area contributed by atoms with E-state index in [1.807, 2.05) is 24.3 Å². The van der Waals surface area contributed by atoms with Crippen molar-refractivity contribution in [2.45, 2.75) is 11.4 Å². The Labute approximate surface area is 134 Å². The van der Waals surface area contributed by atoms with Crippen LogP contribution in [0.1, 0.15) is 5.56 Å². The molecule has 0 amide bonds. The minimum Gasteiger partial charge on any atom is -0.398 e. The highest BCUT2D eigenvalue weighted by Gasteiger charge is 2.14. The number of halogens is 2. The number of hydrogen-bond donors (Lipinski definition) is 2. The van der Waals surface area contributed by atoms with Gasteiger partial charge in [0.1, 0.15) is 0 Å². The topological polar surface area (TPSA) is 72.2 Å². The molecule has 2 rings (SSSR count). The zero-order chi connectivity index (χ0) is 14.8. The molecule has 20 heavy (non-hydrogen) atoms. The minimum absolute atomic E-state index is 0.146. The van der Waals surface area contributed by atoms with E-state index >= 15 is 0 Å². The lowest BCUT2D eigenvalue weighted by atomic mass is 10.2. The van der Waals surface area contributed by atoms with Crippen molar-refractivity contribution in [1.82, 2.24) is 4.72 Å². The first kappa shape index (κ1) is 15.5. The molecule has 0 radical (unpaired) electrons. The minimum atomic E-state index is -3.58. The van der Waals surface area contributed by atoms with Crippen LogP contribution < -0.4 is 10.5 Å². The number of nitrogens with two attached hydrogens (primary N) is 1. The Kier molecular flexibility index (Phi) is 4.85. The fraction of sp³-hybridized carbons (Fsp3) is 0.0769. The summed E-state index contributed by atoms with van der Waals surface area (Å²) >= 11 is 6.58. The summed E-state index contributed by atoms with van der Waals surface area (Å²) in [6, 6.07) is 12.0. The van der Waals surface area contributed by atoms with Gasteiger partial charge in [-0.15, -0.1) is 0 Å². The van der Waals surface area contributed by atoms with E-state index in [4.69, 9.17) is 5.73 Å². The van der Waals surface area contributed by atoms with Crippen LogP contribution in [0, 0.1) is 0 Å². The molecule has 0 fully saturated rings. The quantitative estimate of drug-likeness (QED) is 0.747. The first-order valence-electron chi connectivity index (χ1n) is 5.67. The number of anilines is 1. The molecule has 0 aliphatic heterocycles. The summed E-state index contributed by atoms with van der Waals surface area (Å²) in [6.45, 7) is 0.220. The van der Waals surface area contributed by atoms with Gasteiger partial charge in [0.2, 0.25) is 10.0 Å². The second-order valence-electron chi connectivity index (χ2n) is 4.14. The molecule has 0 aliphatic rings. The molecular formula is C13H12Br2N2O2S. The predicted molar refractivity (Wildman–Crippen MR) is 86.7 cm³/mol. The van der Waals surface area contributed by atoms with Crippen LogP contribution in [0.4, 0.5) is 5.69 Å². The predicted octanol–water partition coefficient (Wildman–Crippen LogP) is 3.27. The van der Waals surface area contributed by atoms with E-state index in [0.717, 1.165) is 10.0 Å². The molecule has 0 aromatic heterocycles. The summed E-state index contributed by atoms with van der Waals surface area (Å²) in [5.74, 6) is 0. The van der Waals surface area contributed by atoms with E-state index in [1.165, 1.54) is 12.1 Å². The lowest BCUT2D eigenvalue weighted by Gasteiger charge is -2.08. The summed E-state index contributed by atoms with van der Waals surface area (Å²) in [5.41, 5.74) is 6.95. The molecule has 0 heterocycles. The van der Waals surface area contributed by atoms with Crippen molar-refractivity contribution < 1.29 is 8.42 Å². The number of nitrogens with one attached hydrogen (secondary N) is 1. The van der Waals surface area contributed by atoms with Crippen LogP contribution in [-0.4, -0.2) is 8.42 Å². The molecule has 0 saturated heterocycles. The third kappa shape index (κ3) is 3.82. The normalized spacial score (nSPS) is 11.5. The third-order valence-electron chi connectivity index (χ3n) is 2.63. The summed E-state index contributed by atoms with van der Waals surface area (Å²) in [7, 11) is -3.58. The molecule has 0 spiro atoms. The molecule has 0 atom stereocenters. The molecule has 2 aromatic carbocycles. The largest absolute Gasteiger partial charge is 0.398 e. The maximum atomic E-state index is 12.2. The Morgan fingerprint density at radius 3 is 2.50 bits per heavy atom. The van der Waals surface area contributed by atoms with Crippen LogP contribution in [0.25, 0.3) is 0 Å². The molecule has 2 aromatic rings. The Bertz CT molecular complexity index is 733. The summed E-state index contributed by atoms with van der Waals surface area (Å²) in [5, 5.41) is 0. The first-order chi connectivity index (χ1) is 9.38. The van der Waals surface area contributed by atoms with Crippen molar-refractivity contribution in [2.24, 2.45) is 0 Å². The van der Waals surface area contributed by atoms with Crippen LogP contribution in [0.2, 0.25) is 0 Å². The van der Waals surface area contributed by atoms with Gasteiger partial charge < -0.3 is 5.73 Å². The highest BCUT2D eigenvalue weighted by molar-refractivity contribution is 9.10. The maximum Gasteiger partial charge on any atom is 0.240 e. The van der Waals surface area contributed by atoms with Crippen LogP contribution in [0.15, 0.2) is 56.3 Å². The van der Waals surface area contributed by atoms with Crippen LogP contribution >= 0.6 is 31.9 Å². The summed E-state index contributed by atoms with van der Waals surface area (Å²) in [4.78, 5) is 0.146. The van der Waals surface area contributed by atoms with Gasteiger partial charge in [0.15, 0.2) is 0 Å². The van der Waals surface area contributed by atoms with Crippen LogP contribution in [-0.2, 0) is 16.6 Å². The molecule has 3 N–H and O–H groups in total. The number of rotatable bonds is 4. The molecule has 0 unspecified atom stereocenters. The standard InChI is InChI=1S/C13H12Br2N2O2S/c14-10-3-1-2-9(6-10)8-17-20(18,19)11-4-5-12(15)13(16)7-11/h1-7,17H,8,16H2. The zero-order valence-corrected chi connectivity index (χ0v) is 14.3. The van der Waals surface area contributed by atoms with Gasteiger partial charge in [-0.25, -0.2) is 13.1 Å². The van der Waals surface area contributed by atoms with E-state index in [9.17, 15) is 8.42 Å². The van der Waals surface area contributed by atoms with E-state index < -0.39 is 10.0 Å². The van der Waals surface area contributed by atoms with Gasteiger partial charge in [-0.2, -0.15) is 0 Å². The van der Waals surface area contributed by atoms with Crippen molar-refractivity contribution in [2.75, 3.05) is 5.73 Å². The van der Waals surface area contributed by atoms with Gasteiger partial charge in [0.25, 0.3) is 0 Å². The summed E-state index contributed by atoms with van der Waals surface area (Å²) in [6.07, 6.45) is 0. The molecule has 106 valence electrons. The molecule has 0 bridgehead atoms. The molecule has 0 saturated carbocycles. The van der Waals surface area contributed by atoms with Gasteiger partial charge in [0, 0.05) is 21.2 Å².